The van der Waals surface area contributed by atoms with Crippen LogP contribution in [-0.4, -0.2) is 42.4 Å². The Morgan fingerprint density at radius 1 is 1.03 bits per heavy atom. The molecule has 182 valence electrons. The van der Waals surface area contributed by atoms with Gasteiger partial charge >= 0.3 is 6.18 Å². The number of likely N-dealkylation sites (N-methyl/N-ethyl adjacent to an activating group) is 1. The number of aromatic nitrogens is 2. The van der Waals surface area contributed by atoms with Gasteiger partial charge in [-0.2, -0.15) is 18.3 Å². The number of nitrogens with one attached hydrogen (secondary N) is 3. The highest BCUT2D eigenvalue weighted by atomic mass is 19.4. The molecule has 3 aromatic rings. The van der Waals surface area contributed by atoms with Gasteiger partial charge in [-0.15, -0.1) is 0 Å². The third kappa shape index (κ3) is 6.58. The van der Waals surface area contributed by atoms with Crippen LogP contribution in [0.1, 0.15) is 34.2 Å². The second-order valence-corrected chi connectivity index (χ2v) is 7.52. The fourth-order valence-corrected chi connectivity index (χ4v) is 3.38. The molecule has 0 atom stereocenters. The van der Waals surface area contributed by atoms with Crippen molar-refractivity contribution in [1.29, 1.82) is 0 Å². The molecule has 7 nitrogen and oxygen atoms in total. The van der Waals surface area contributed by atoms with Crippen LogP contribution < -0.4 is 20.7 Å². The molecule has 3 N–H and O–H groups in total. The second-order valence-electron chi connectivity index (χ2n) is 7.52. The van der Waals surface area contributed by atoms with Crippen LogP contribution in [0.5, 0.6) is 5.75 Å². The lowest BCUT2D eigenvalue weighted by atomic mass is 10.2. The molecule has 0 aliphatic rings. The molecular weight excluding hydrogens is 447 g/mol. The van der Waals surface area contributed by atoms with Gasteiger partial charge in [-0.05, 0) is 30.3 Å². The molecule has 1 heterocycles. The number of carbonyl (C=O) groups excluding carboxylic acids is 1. The number of nitrogens with zero attached hydrogens (tertiary/aromatic N) is 2. The Morgan fingerprint density at radius 2 is 1.79 bits per heavy atom. The maximum atomic E-state index is 13.4. The third-order valence-corrected chi connectivity index (χ3v) is 5.08. The average molecular weight is 476 g/mol. The average Bonchev–Trinajstić information content (AvgIpc) is 3.29. The molecule has 0 spiro atoms. The van der Waals surface area contributed by atoms with Crippen molar-refractivity contribution < 1.29 is 22.7 Å². The minimum atomic E-state index is -4.69. The van der Waals surface area contributed by atoms with Crippen LogP contribution in [0.3, 0.4) is 0 Å². The first-order valence-corrected chi connectivity index (χ1v) is 10.9. The zero-order valence-electron chi connectivity index (χ0n) is 19.1. The van der Waals surface area contributed by atoms with Gasteiger partial charge in [-0.25, -0.2) is 4.68 Å². The summed E-state index contributed by atoms with van der Waals surface area (Å²) >= 11 is 0. The van der Waals surface area contributed by atoms with E-state index < -0.39 is 17.8 Å². The molecule has 34 heavy (non-hydrogen) atoms. The molecule has 0 radical (unpaired) electrons. The number of alkyl halides is 3. The first-order chi connectivity index (χ1) is 16.3. The molecule has 0 unspecified atom stereocenters. The molecule has 0 saturated carbocycles. The molecule has 1 aromatic heterocycles. The molecule has 0 aliphatic heterocycles. The lowest BCUT2D eigenvalue weighted by molar-refractivity contribution is -0.141. The highest BCUT2D eigenvalue weighted by molar-refractivity contribution is 5.93. The third-order valence-electron chi connectivity index (χ3n) is 5.08. The topological polar surface area (TPSA) is 80.2 Å². The van der Waals surface area contributed by atoms with Crippen LogP contribution >= 0.6 is 0 Å². The number of amides is 1. The minimum Gasteiger partial charge on any atom is -0.496 e. The molecule has 0 saturated heterocycles. The Kier molecular flexibility index (Phi) is 8.67. The van der Waals surface area contributed by atoms with Crippen molar-refractivity contribution in [3.05, 3.63) is 77.1 Å². The molecule has 0 aliphatic carbocycles. The summed E-state index contributed by atoms with van der Waals surface area (Å²) in [5, 5.41) is 12.8. The van der Waals surface area contributed by atoms with Crippen molar-refractivity contribution in [2.24, 2.45) is 0 Å². The van der Waals surface area contributed by atoms with Gasteiger partial charge in [0.1, 0.15) is 11.4 Å². The summed E-state index contributed by atoms with van der Waals surface area (Å²) in [6.45, 7) is 5.06. The minimum absolute atomic E-state index is 0.0884. The first-order valence-electron chi connectivity index (χ1n) is 10.9. The van der Waals surface area contributed by atoms with E-state index in [1.54, 1.807) is 42.5 Å². The van der Waals surface area contributed by atoms with Crippen LogP contribution in [0.4, 0.5) is 13.2 Å². The lowest BCUT2D eigenvalue weighted by Crippen LogP contribution is -2.27. The Balaban J connectivity index is 1.83. The molecule has 10 heteroatoms. The quantitative estimate of drug-likeness (QED) is 0.370. The molecular formula is C24H28F3N5O2. The smallest absolute Gasteiger partial charge is 0.435 e. The van der Waals surface area contributed by atoms with Crippen molar-refractivity contribution in [3.63, 3.8) is 0 Å². The Labute approximate surface area is 196 Å². The maximum absolute atomic E-state index is 13.4. The summed E-state index contributed by atoms with van der Waals surface area (Å²) in [5.74, 6) is -0.107. The molecule has 0 fully saturated rings. The van der Waals surface area contributed by atoms with Crippen molar-refractivity contribution in [2.45, 2.75) is 26.2 Å². The summed E-state index contributed by atoms with van der Waals surface area (Å²) in [7, 11) is 1.51. The van der Waals surface area contributed by atoms with Gasteiger partial charge in [0.15, 0.2) is 5.69 Å². The number of ether oxygens (including phenoxy) is 1. The van der Waals surface area contributed by atoms with Crippen LogP contribution in [0, 0.1) is 0 Å². The standard InChI is InChI=1S/C24H28F3N5O2/c1-3-28-11-12-29-15-17-7-6-9-19(13-17)32-20(14-22(31-32)24(25,26)27)23(33)30-16-18-8-4-5-10-21(18)34-2/h4-10,13-14,28-29H,3,11-12,15-16H2,1-2H3,(H,30,33). The van der Waals surface area contributed by atoms with Crippen LogP contribution in [0.2, 0.25) is 0 Å². The van der Waals surface area contributed by atoms with Gasteiger partial charge in [-0.1, -0.05) is 37.3 Å². The summed E-state index contributed by atoms with van der Waals surface area (Å²) in [6, 6.07) is 14.8. The maximum Gasteiger partial charge on any atom is 0.435 e. The van der Waals surface area contributed by atoms with Crippen molar-refractivity contribution in [1.82, 2.24) is 25.7 Å². The number of hydrogen-bond acceptors (Lipinski definition) is 5. The summed E-state index contributed by atoms with van der Waals surface area (Å²) in [4.78, 5) is 12.9. The van der Waals surface area contributed by atoms with E-state index in [0.717, 1.165) is 35.9 Å². The molecule has 0 bridgehead atoms. The first kappa shape index (κ1) is 25.3. The van der Waals surface area contributed by atoms with Crippen molar-refractivity contribution in [3.8, 4) is 11.4 Å². The predicted octanol–water partition coefficient (Wildman–Crippen LogP) is 3.53. The van der Waals surface area contributed by atoms with E-state index >= 15 is 0 Å². The fraction of sp³-hybridized carbons (Fsp3) is 0.333. The van der Waals surface area contributed by atoms with E-state index in [9.17, 15) is 18.0 Å². The number of carbonyl (C=O) groups is 1. The second kappa shape index (κ2) is 11.7. The van der Waals surface area contributed by atoms with Gasteiger partial charge in [-0.3, -0.25) is 4.79 Å². The zero-order chi connectivity index (χ0) is 24.6. The van der Waals surface area contributed by atoms with E-state index in [4.69, 9.17) is 4.74 Å². The van der Waals surface area contributed by atoms with Crippen molar-refractivity contribution in [2.75, 3.05) is 26.7 Å². The van der Waals surface area contributed by atoms with Gasteiger partial charge in [0.25, 0.3) is 5.91 Å². The fourth-order valence-electron chi connectivity index (χ4n) is 3.38. The largest absolute Gasteiger partial charge is 0.496 e. The predicted molar refractivity (Wildman–Crippen MR) is 123 cm³/mol. The van der Waals surface area contributed by atoms with Gasteiger partial charge < -0.3 is 20.7 Å². The normalized spacial score (nSPS) is 11.4. The molecule has 2 aromatic carbocycles. The number of hydrogen-bond donors (Lipinski definition) is 3. The lowest BCUT2D eigenvalue weighted by Gasteiger charge is -2.12. The number of benzene rings is 2. The number of methoxy groups -OCH3 is 1. The van der Waals surface area contributed by atoms with Crippen LogP contribution in [-0.2, 0) is 19.3 Å². The Bertz CT molecular complexity index is 1100. The van der Waals surface area contributed by atoms with E-state index in [2.05, 4.69) is 21.0 Å². The Hall–Kier alpha value is -3.37. The molecule has 1 amide bonds. The summed E-state index contributed by atoms with van der Waals surface area (Å²) in [5.41, 5.74) is 0.581. The van der Waals surface area contributed by atoms with Crippen molar-refractivity contribution >= 4 is 5.91 Å². The van der Waals surface area contributed by atoms with Gasteiger partial charge in [0.2, 0.25) is 0 Å². The highest BCUT2D eigenvalue weighted by Crippen LogP contribution is 2.30. The van der Waals surface area contributed by atoms with E-state index in [-0.39, 0.29) is 12.2 Å². The summed E-state index contributed by atoms with van der Waals surface area (Å²) in [6.07, 6.45) is -4.69. The van der Waals surface area contributed by atoms with Gasteiger partial charge in [0.05, 0.1) is 12.8 Å². The van der Waals surface area contributed by atoms with Crippen LogP contribution in [0.15, 0.2) is 54.6 Å². The van der Waals surface area contributed by atoms with E-state index in [0.29, 0.717) is 23.5 Å². The zero-order valence-corrected chi connectivity index (χ0v) is 19.1. The Morgan fingerprint density at radius 3 is 2.53 bits per heavy atom. The number of rotatable bonds is 11. The SMILES string of the molecule is CCNCCNCc1cccc(-n2nc(C(F)(F)F)cc2C(=O)NCc2ccccc2OC)c1. The highest BCUT2D eigenvalue weighted by Gasteiger charge is 2.36. The van der Waals surface area contributed by atoms with E-state index in [1.807, 2.05) is 13.0 Å². The molecule has 3 rings (SSSR count). The summed E-state index contributed by atoms with van der Waals surface area (Å²) < 4.78 is 46.5. The monoisotopic (exact) mass is 475 g/mol. The van der Waals surface area contributed by atoms with Crippen LogP contribution in [0.25, 0.3) is 5.69 Å². The van der Waals surface area contributed by atoms with Gasteiger partial charge in [0, 0.05) is 37.8 Å². The number of halogens is 3. The number of para-hydroxylation sites is 1. The van der Waals surface area contributed by atoms with E-state index in [1.165, 1.54) is 7.11 Å².